The lowest BCUT2D eigenvalue weighted by atomic mass is 9.84. The van der Waals surface area contributed by atoms with E-state index in [1.165, 1.54) is 0 Å². The van der Waals surface area contributed by atoms with Gasteiger partial charge in [-0.3, -0.25) is 14.9 Å². The van der Waals surface area contributed by atoms with Crippen molar-refractivity contribution >= 4 is 22.9 Å². The maximum atomic E-state index is 11.8. The fourth-order valence-electron chi connectivity index (χ4n) is 4.85. The monoisotopic (exact) mass is 456 g/mol. The molecule has 3 atom stereocenters. The van der Waals surface area contributed by atoms with E-state index in [1.807, 2.05) is 0 Å². The first-order chi connectivity index (χ1) is 15.4. The molecule has 1 aliphatic heterocycles. The van der Waals surface area contributed by atoms with Gasteiger partial charge in [0.1, 0.15) is 11.5 Å². The lowest BCUT2D eigenvalue weighted by Gasteiger charge is -2.29. The maximum absolute atomic E-state index is 11.8. The SMILES string of the molecule is CCc1oc(-c2c(C)cccc2C)nc1CO[C@@H]1CCC[C@H](CCC2SC(=O)NC2=O)C1. The molecule has 0 bridgehead atoms. The summed E-state index contributed by atoms with van der Waals surface area (Å²) in [6.45, 7) is 6.71. The first kappa shape index (κ1) is 23.1. The van der Waals surface area contributed by atoms with Crippen molar-refractivity contribution in [2.45, 2.75) is 83.7 Å². The van der Waals surface area contributed by atoms with Crippen LogP contribution >= 0.6 is 11.8 Å². The van der Waals surface area contributed by atoms with Gasteiger partial charge >= 0.3 is 0 Å². The van der Waals surface area contributed by atoms with E-state index in [2.05, 4.69) is 44.3 Å². The fraction of sp³-hybridized carbons (Fsp3) is 0.560. The number of oxazole rings is 1. The van der Waals surface area contributed by atoms with Crippen LogP contribution in [0.2, 0.25) is 0 Å². The highest BCUT2D eigenvalue weighted by atomic mass is 32.2. The van der Waals surface area contributed by atoms with Crippen molar-refractivity contribution in [2.24, 2.45) is 5.92 Å². The van der Waals surface area contributed by atoms with Crippen molar-refractivity contribution in [2.75, 3.05) is 0 Å². The first-order valence-electron chi connectivity index (χ1n) is 11.6. The second-order valence-electron chi connectivity index (χ2n) is 8.94. The van der Waals surface area contributed by atoms with Crippen molar-refractivity contribution in [3.05, 3.63) is 40.8 Å². The zero-order valence-corrected chi connectivity index (χ0v) is 19.9. The molecule has 6 nitrogen and oxygen atoms in total. The first-order valence-corrected chi connectivity index (χ1v) is 12.5. The van der Waals surface area contributed by atoms with Crippen LogP contribution in [-0.2, 0) is 22.6 Å². The number of amides is 2. The molecule has 1 aromatic carbocycles. The maximum Gasteiger partial charge on any atom is 0.286 e. The molecule has 0 radical (unpaired) electrons. The summed E-state index contributed by atoms with van der Waals surface area (Å²) in [5.74, 6) is 1.97. The summed E-state index contributed by atoms with van der Waals surface area (Å²) in [5, 5.41) is 1.93. The van der Waals surface area contributed by atoms with Gasteiger partial charge in [0.05, 0.1) is 18.0 Å². The summed E-state index contributed by atoms with van der Waals surface area (Å²) in [7, 11) is 0. The van der Waals surface area contributed by atoms with Crippen molar-refractivity contribution in [1.82, 2.24) is 10.3 Å². The summed E-state index contributed by atoms with van der Waals surface area (Å²) in [5.41, 5.74) is 4.28. The van der Waals surface area contributed by atoms with Crippen LogP contribution in [0.5, 0.6) is 0 Å². The number of carbonyl (C=O) groups excluding carboxylic acids is 2. The Bertz CT molecular complexity index is 966. The highest BCUT2D eigenvalue weighted by Crippen LogP contribution is 2.34. The van der Waals surface area contributed by atoms with Gasteiger partial charge in [0.25, 0.3) is 5.24 Å². The van der Waals surface area contributed by atoms with Gasteiger partial charge < -0.3 is 9.15 Å². The van der Waals surface area contributed by atoms with Gasteiger partial charge in [-0.15, -0.1) is 0 Å². The Kier molecular flexibility index (Phi) is 7.36. The number of nitrogens with one attached hydrogen (secondary N) is 1. The second kappa shape index (κ2) is 10.2. The molecule has 1 saturated carbocycles. The minimum Gasteiger partial charge on any atom is -0.441 e. The number of aryl methyl sites for hydroxylation is 3. The van der Waals surface area contributed by atoms with E-state index in [1.54, 1.807) is 0 Å². The molecule has 2 amide bonds. The number of ether oxygens (including phenoxy) is 1. The Labute approximate surface area is 193 Å². The van der Waals surface area contributed by atoms with Crippen LogP contribution in [0.15, 0.2) is 22.6 Å². The normalized spacial score (nSPS) is 23.5. The molecule has 1 aliphatic carbocycles. The van der Waals surface area contributed by atoms with E-state index in [4.69, 9.17) is 14.1 Å². The third kappa shape index (κ3) is 5.26. The molecule has 2 aromatic rings. The number of carbonyl (C=O) groups is 2. The average molecular weight is 457 g/mol. The van der Waals surface area contributed by atoms with Gasteiger partial charge in [-0.1, -0.05) is 49.7 Å². The van der Waals surface area contributed by atoms with Crippen molar-refractivity contribution in [3.8, 4) is 11.5 Å². The van der Waals surface area contributed by atoms with Crippen LogP contribution in [0.4, 0.5) is 4.79 Å². The predicted octanol–water partition coefficient (Wildman–Crippen LogP) is 5.73. The fourth-order valence-corrected chi connectivity index (χ4v) is 5.69. The van der Waals surface area contributed by atoms with E-state index in [-0.39, 0.29) is 22.5 Å². The molecule has 2 fully saturated rings. The molecule has 4 rings (SSSR count). The number of thioether (sulfide) groups is 1. The van der Waals surface area contributed by atoms with E-state index < -0.39 is 0 Å². The smallest absolute Gasteiger partial charge is 0.286 e. The molecule has 172 valence electrons. The molecule has 2 aliphatic rings. The number of benzene rings is 1. The van der Waals surface area contributed by atoms with Crippen LogP contribution in [0, 0.1) is 19.8 Å². The number of nitrogens with zero attached hydrogens (tertiary/aromatic N) is 1. The number of hydrogen-bond acceptors (Lipinski definition) is 6. The van der Waals surface area contributed by atoms with Crippen LogP contribution in [0.25, 0.3) is 11.5 Å². The molecule has 1 aromatic heterocycles. The van der Waals surface area contributed by atoms with Crippen LogP contribution < -0.4 is 5.32 Å². The van der Waals surface area contributed by atoms with E-state index in [0.29, 0.717) is 18.4 Å². The van der Waals surface area contributed by atoms with Gasteiger partial charge in [0.2, 0.25) is 11.8 Å². The number of hydrogen-bond donors (Lipinski definition) is 1. The largest absolute Gasteiger partial charge is 0.441 e. The topological polar surface area (TPSA) is 81.4 Å². The molecule has 0 spiro atoms. The Morgan fingerprint density at radius 3 is 2.66 bits per heavy atom. The zero-order valence-electron chi connectivity index (χ0n) is 19.1. The Morgan fingerprint density at radius 1 is 1.19 bits per heavy atom. The van der Waals surface area contributed by atoms with Crippen molar-refractivity contribution in [1.29, 1.82) is 0 Å². The third-order valence-corrected chi connectivity index (χ3v) is 7.64. The average Bonchev–Trinajstić information content (AvgIpc) is 3.32. The molecule has 32 heavy (non-hydrogen) atoms. The van der Waals surface area contributed by atoms with E-state index >= 15 is 0 Å². The molecular formula is C25H32N2O4S. The quantitative estimate of drug-likeness (QED) is 0.546. The highest BCUT2D eigenvalue weighted by molar-refractivity contribution is 8.15. The summed E-state index contributed by atoms with van der Waals surface area (Å²) in [6, 6.07) is 6.22. The third-order valence-electron chi connectivity index (χ3n) is 6.59. The number of rotatable bonds is 8. The van der Waals surface area contributed by atoms with Gasteiger partial charge in [-0.2, -0.15) is 0 Å². The van der Waals surface area contributed by atoms with Crippen molar-refractivity contribution in [3.63, 3.8) is 0 Å². The zero-order chi connectivity index (χ0) is 22.7. The van der Waals surface area contributed by atoms with Gasteiger partial charge in [0.15, 0.2) is 0 Å². The van der Waals surface area contributed by atoms with Crippen LogP contribution in [0.3, 0.4) is 0 Å². The summed E-state index contributed by atoms with van der Waals surface area (Å²) in [6.07, 6.45) is 7.03. The minimum atomic E-state index is -0.227. The number of aromatic nitrogens is 1. The lowest BCUT2D eigenvalue weighted by molar-refractivity contribution is -0.119. The van der Waals surface area contributed by atoms with Crippen LogP contribution in [-0.4, -0.2) is 27.5 Å². The lowest BCUT2D eigenvalue weighted by Crippen LogP contribution is -2.26. The van der Waals surface area contributed by atoms with E-state index in [9.17, 15) is 9.59 Å². The molecule has 1 N–H and O–H groups in total. The van der Waals surface area contributed by atoms with E-state index in [0.717, 1.165) is 84.9 Å². The molecule has 1 unspecified atom stereocenters. The second-order valence-corrected chi connectivity index (χ2v) is 10.1. The van der Waals surface area contributed by atoms with Gasteiger partial charge in [-0.25, -0.2) is 4.98 Å². The standard InChI is InChI=1S/C25H32N2O4S/c1-4-20-19(26-24(31-20)22-15(2)7-5-8-16(22)3)14-30-18-10-6-9-17(13-18)11-12-21-23(28)27-25(29)32-21/h5,7-8,17-18,21H,4,6,9-14H2,1-3H3,(H,27,28,29)/t17-,18-,21?/m1/s1. The number of imide groups is 1. The molecular weight excluding hydrogens is 424 g/mol. The molecule has 7 heteroatoms. The Hall–Kier alpha value is -2.12. The minimum absolute atomic E-state index is 0.138. The summed E-state index contributed by atoms with van der Waals surface area (Å²) in [4.78, 5) is 28.0. The Balaban J connectivity index is 1.34. The molecule has 1 saturated heterocycles. The van der Waals surface area contributed by atoms with Gasteiger partial charge in [-0.05, 0) is 56.6 Å². The molecule has 2 heterocycles. The summed E-state index contributed by atoms with van der Waals surface area (Å²) < 4.78 is 12.4. The van der Waals surface area contributed by atoms with Crippen molar-refractivity contribution < 1.29 is 18.7 Å². The van der Waals surface area contributed by atoms with Crippen LogP contribution in [0.1, 0.15) is 68.0 Å². The summed E-state index contributed by atoms with van der Waals surface area (Å²) >= 11 is 1.13. The Morgan fingerprint density at radius 2 is 1.97 bits per heavy atom. The predicted molar refractivity (Wildman–Crippen MR) is 125 cm³/mol. The highest BCUT2D eigenvalue weighted by Gasteiger charge is 2.32. The van der Waals surface area contributed by atoms with Gasteiger partial charge in [0, 0.05) is 12.0 Å².